The molecule has 4 aromatic rings. The largest absolute Gasteiger partial charge is 0.464 e. The van der Waals surface area contributed by atoms with Gasteiger partial charge in [0.25, 0.3) is 5.91 Å². The zero-order valence-corrected chi connectivity index (χ0v) is 22.1. The van der Waals surface area contributed by atoms with E-state index < -0.39 is 18.1 Å². The Kier molecular flexibility index (Phi) is 8.86. The molecule has 0 aliphatic heterocycles. The third kappa shape index (κ3) is 6.26. The van der Waals surface area contributed by atoms with Gasteiger partial charge < -0.3 is 19.7 Å². The van der Waals surface area contributed by atoms with Crippen LogP contribution >= 0.6 is 0 Å². The Morgan fingerprint density at radius 2 is 1.84 bits per heavy atom. The number of hydrogen-bond acceptors (Lipinski definition) is 6. The Hall–Kier alpha value is -4.04. The van der Waals surface area contributed by atoms with Gasteiger partial charge in [-0.15, -0.1) is 0 Å². The summed E-state index contributed by atoms with van der Waals surface area (Å²) in [4.78, 5) is 35.0. The second-order valence-electron chi connectivity index (χ2n) is 9.35. The van der Waals surface area contributed by atoms with Gasteiger partial charge in [-0.3, -0.25) is 9.78 Å². The van der Waals surface area contributed by atoms with Crippen molar-refractivity contribution < 1.29 is 19.4 Å². The van der Waals surface area contributed by atoms with E-state index in [1.807, 2.05) is 61.7 Å². The molecular formula is C30H34N4O4. The van der Waals surface area contributed by atoms with Crippen molar-refractivity contribution >= 4 is 22.9 Å². The molecule has 2 aromatic heterocycles. The van der Waals surface area contributed by atoms with Gasteiger partial charge >= 0.3 is 5.97 Å². The van der Waals surface area contributed by atoms with Crippen LogP contribution in [0.1, 0.15) is 53.1 Å². The summed E-state index contributed by atoms with van der Waals surface area (Å²) < 4.78 is 7.16. The lowest BCUT2D eigenvalue weighted by Gasteiger charge is -2.23. The Balaban J connectivity index is 1.68. The number of nitrogens with one attached hydrogen (secondary N) is 1. The summed E-state index contributed by atoms with van der Waals surface area (Å²) in [7, 11) is 0. The first-order valence-electron chi connectivity index (χ1n) is 13.0. The zero-order valence-electron chi connectivity index (χ0n) is 22.1. The van der Waals surface area contributed by atoms with Crippen LogP contribution in [0.5, 0.6) is 0 Å². The van der Waals surface area contributed by atoms with Crippen molar-refractivity contribution in [3.8, 4) is 0 Å². The smallest absolute Gasteiger partial charge is 0.337 e. The highest BCUT2D eigenvalue weighted by molar-refractivity contribution is 5.99. The highest BCUT2D eigenvalue weighted by Crippen LogP contribution is 2.24. The number of amides is 1. The molecule has 4 rings (SSSR count). The van der Waals surface area contributed by atoms with Gasteiger partial charge in [-0.2, -0.15) is 0 Å². The lowest BCUT2D eigenvalue weighted by molar-refractivity contribution is -0.154. The number of pyridine rings is 1. The molecule has 0 fully saturated rings. The molecule has 8 heteroatoms. The van der Waals surface area contributed by atoms with Gasteiger partial charge in [-0.25, -0.2) is 9.78 Å². The van der Waals surface area contributed by atoms with Crippen molar-refractivity contribution in [2.75, 3.05) is 6.61 Å². The fourth-order valence-electron chi connectivity index (χ4n) is 4.59. The summed E-state index contributed by atoms with van der Waals surface area (Å²) in [6.07, 6.45) is 4.09. The molecule has 0 spiro atoms. The fraction of sp³-hybridized carbons (Fsp3) is 0.333. The van der Waals surface area contributed by atoms with Gasteiger partial charge in [0.05, 0.1) is 30.2 Å². The molecule has 0 radical (unpaired) electrons. The maximum Gasteiger partial charge on any atom is 0.337 e. The number of ether oxygens (including phenoxy) is 1. The SMILES string of the molecule is CCCc1nc2c(C)cc(C(=O)N[C@H](Cc3ccccc3)[C@@H](O)C(=O)OCC)cc2n1Cc1cccnc1. The summed E-state index contributed by atoms with van der Waals surface area (Å²) in [6, 6.07) is 16.1. The molecule has 0 bridgehead atoms. The number of aryl methyl sites for hydroxylation is 2. The topological polar surface area (TPSA) is 106 Å². The second kappa shape index (κ2) is 12.5. The molecule has 2 atom stereocenters. The number of esters is 1. The molecule has 0 saturated carbocycles. The van der Waals surface area contributed by atoms with Gasteiger partial charge in [-0.1, -0.05) is 43.3 Å². The maximum atomic E-state index is 13.5. The van der Waals surface area contributed by atoms with Crippen LogP contribution in [0.15, 0.2) is 67.0 Å². The molecule has 2 N–H and O–H groups in total. The molecule has 0 unspecified atom stereocenters. The number of nitrogens with zero attached hydrogens (tertiary/aromatic N) is 3. The third-order valence-electron chi connectivity index (χ3n) is 6.45. The maximum absolute atomic E-state index is 13.5. The van der Waals surface area contributed by atoms with Crippen molar-refractivity contribution in [3.63, 3.8) is 0 Å². The van der Waals surface area contributed by atoms with Crippen molar-refractivity contribution in [1.82, 2.24) is 19.9 Å². The minimum absolute atomic E-state index is 0.138. The molecule has 8 nitrogen and oxygen atoms in total. The molecule has 0 aliphatic carbocycles. The van der Waals surface area contributed by atoms with Gasteiger partial charge in [0.2, 0.25) is 0 Å². The highest BCUT2D eigenvalue weighted by atomic mass is 16.5. The molecule has 1 amide bonds. The minimum Gasteiger partial charge on any atom is -0.464 e. The Morgan fingerprint density at radius 1 is 1.08 bits per heavy atom. The second-order valence-corrected chi connectivity index (χ2v) is 9.35. The summed E-state index contributed by atoms with van der Waals surface area (Å²) in [5, 5.41) is 13.6. The predicted octanol–water partition coefficient (Wildman–Crippen LogP) is 4.01. The van der Waals surface area contributed by atoms with Gasteiger partial charge in [0.1, 0.15) is 5.82 Å². The predicted molar refractivity (Wildman–Crippen MR) is 146 cm³/mol. The van der Waals surface area contributed by atoms with Crippen molar-refractivity contribution in [3.05, 3.63) is 95.1 Å². The molecule has 2 heterocycles. The van der Waals surface area contributed by atoms with E-state index in [1.165, 1.54) is 0 Å². The summed E-state index contributed by atoms with van der Waals surface area (Å²) in [5.41, 5.74) is 4.93. The molecular weight excluding hydrogens is 480 g/mol. The third-order valence-corrected chi connectivity index (χ3v) is 6.45. The number of benzene rings is 2. The number of aromatic nitrogens is 3. The lowest BCUT2D eigenvalue weighted by atomic mass is 10.00. The van der Waals surface area contributed by atoms with E-state index in [0.717, 1.165) is 46.4 Å². The van der Waals surface area contributed by atoms with E-state index in [0.29, 0.717) is 12.1 Å². The number of hydrogen-bond donors (Lipinski definition) is 2. The minimum atomic E-state index is -1.50. The number of rotatable bonds is 11. The number of imidazole rings is 1. The van der Waals surface area contributed by atoms with Gasteiger partial charge in [0.15, 0.2) is 6.10 Å². The van der Waals surface area contributed by atoms with Crippen molar-refractivity contribution in [2.45, 2.75) is 58.7 Å². The monoisotopic (exact) mass is 514 g/mol. The first-order valence-corrected chi connectivity index (χ1v) is 13.0. The molecule has 0 saturated heterocycles. The van der Waals surface area contributed by atoms with Crippen LogP contribution in [0.4, 0.5) is 0 Å². The number of carbonyl (C=O) groups excluding carboxylic acids is 2. The van der Waals surface area contributed by atoms with E-state index in [-0.39, 0.29) is 18.9 Å². The quantitative estimate of drug-likeness (QED) is 0.293. The van der Waals surface area contributed by atoms with Crippen LogP contribution < -0.4 is 5.32 Å². The van der Waals surface area contributed by atoms with E-state index in [1.54, 1.807) is 19.2 Å². The normalized spacial score (nSPS) is 12.7. The van der Waals surface area contributed by atoms with Crippen LogP contribution in [-0.4, -0.2) is 50.3 Å². The van der Waals surface area contributed by atoms with Crippen molar-refractivity contribution in [1.29, 1.82) is 0 Å². The summed E-state index contributed by atoms with van der Waals surface area (Å²) in [6.45, 7) is 6.45. The lowest BCUT2D eigenvalue weighted by Crippen LogP contribution is -2.48. The van der Waals surface area contributed by atoms with Crippen LogP contribution in [0.3, 0.4) is 0 Å². The molecule has 2 aromatic carbocycles. The Bertz CT molecular complexity index is 1390. The van der Waals surface area contributed by atoms with E-state index in [4.69, 9.17) is 9.72 Å². The van der Waals surface area contributed by atoms with E-state index in [9.17, 15) is 14.7 Å². The molecule has 0 aliphatic rings. The van der Waals surface area contributed by atoms with E-state index in [2.05, 4.69) is 21.8 Å². The zero-order chi connectivity index (χ0) is 27.1. The highest BCUT2D eigenvalue weighted by Gasteiger charge is 2.30. The standard InChI is InChI=1S/C30H34N4O4/c1-4-10-26-33-27-20(3)15-23(17-25(27)34(26)19-22-13-9-14-31-18-22)29(36)32-24(28(35)30(37)38-5-2)16-21-11-7-6-8-12-21/h6-9,11-15,17-18,24,28,35H,4-5,10,16,19H2,1-3H3,(H,32,36)/t24-,28-/m1/s1. The van der Waals surface area contributed by atoms with Crippen LogP contribution in [0, 0.1) is 6.92 Å². The van der Waals surface area contributed by atoms with Crippen LogP contribution in [-0.2, 0) is 28.9 Å². The average molecular weight is 515 g/mol. The van der Waals surface area contributed by atoms with E-state index >= 15 is 0 Å². The number of aliphatic hydroxyl groups excluding tert-OH is 1. The van der Waals surface area contributed by atoms with Crippen LogP contribution in [0.25, 0.3) is 11.0 Å². The summed E-state index contributed by atoms with van der Waals surface area (Å²) >= 11 is 0. The van der Waals surface area contributed by atoms with Crippen molar-refractivity contribution in [2.24, 2.45) is 0 Å². The van der Waals surface area contributed by atoms with Crippen LogP contribution in [0.2, 0.25) is 0 Å². The summed E-state index contributed by atoms with van der Waals surface area (Å²) in [5.74, 6) is -0.198. The Labute approximate surface area is 222 Å². The first-order chi connectivity index (χ1) is 18.4. The first kappa shape index (κ1) is 27.0. The number of carbonyl (C=O) groups is 2. The molecule has 38 heavy (non-hydrogen) atoms. The van der Waals surface area contributed by atoms with Gasteiger partial charge in [0, 0.05) is 24.4 Å². The molecule has 198 valence electrons. The van der Waals surface area contributed by atoms with Gasteiger partial charge in [-0.05, 0) is 61.6 Å². The Morgan fingerprint density at radius 3 is 2.53 bits per heavy atom. The fourth-order valence-corrected chi connectivity index (χ4v) is 4.59. The number of aliphatic hydroxyl groups is 1. The number of fused-ring (bicyclic) bond motifs is 1. The average Bonchev–Trinajstić information content (AvgIpc) is 3.26.